The van der Waals surface area contributed by atoms with E-state index in [1.807, 2.05) is 25.1 Å². The molecule has 0 spiro atoms. The number of halogens is 1. The first kappa shape index (κ1) is 28.8. The highest BCUT2D eigenvalue weighted by atomic mass is 19.1. The molecule has 0 radical (unpaired) electrons. The van der Waals surface area contributed by atoms with E-state index in [2.05, 4.69) is 55.1 Å². The molecule has 7 atom stereocenters. The van der Waals surface area contributed by atoms with Gasteiger partial charge in [0.05, 0.1) is 23.3 Å². The van der Waals surface area contributed by atoms with Gasteiger partial charge < -0.3 is 15.5 Å². The van der Waals surface area contributed by atoms with Crippen LogP contribution >= 0.6 is 0 Å². The minimum absolute atomic E-state index is 0.0716. The van der Waals surface area contributed by atoms with E-state index in [0.29, 0.717) is 46.8 Å². The van der Waals surface area contributed by atoms with E-state index in [0.717, 1.165) is 48.6 Å². The second kappa shape index (κ2) is 11.1. The Labute approximate surface area is 248 Å². The van der Waals surface area contributed by atoms with E-state index < -0.39 is 0 Å². The second-order valence-corrected chi connectivity index (χ2v) is 13.8. The highest BCUT2D eigenvalue weighted by Crippen LogP contribution is 2.61. The Balaban J connectivity index is 1.26. The van der Waals surface area contributed by atoms with Crippen LogP contribution in [-0.2, 0) is 6.42 Å². The van der Waals surface area contributed by atoms with Crippen LogP contribution in [-0.4, -0.2) is 51.6 Å². The number of hydrogen-bond donors (Lipinski definition) is 2. The molecule has 8 heteroatoms. The van der Waals surface area contributed by atoms with Crippen LogP contribution in [0.2, 0.25) is 0 Å². The SMILES string of the molecule is C[C@@H]1[C@@H](N=C(Nc2ccc3c(=O)n([C@H](C)Cc4ccc(F)cc4)cnc3c2)N2C[C@@H](C)N[C@@H](C)C2)C[C@H]2C[C@@H]1C2(C)C. The molecular weight excluding hydrogens is 527 g/mol. The van der Waals surface area contributed by atoms with Crippen molar-refractivity contribution in [1.82, 2.24) is 19.8 Å². The number of nitrogens with one attached hydrogen (secondary N) is 2. The van der Waals surface area contributed by atoms with Crippen LogP contribution < -0.4 is 16.2 Å². The number of hydrogen-bond acceptors (Lipinski definition) is 4. The van der Waals surface area contributed by atoms with Crippen LogP contribution in [0.4, 0.5) is 10.1 Å². The number of aromatic nitrogens is 2. The van der Waals surface area contributed by atoms with E-state index in [-0.39, 0.29) is 17.4 Å². The average Bonchev–Trinajstić information content (AvgIpc) is 2.94. The summed E-state index contributed by atoms with van der Waals surface area (Å²) < 4.78 is 15.0. The van der Waals surface area contributed by atoms with Gasteiger partial charge in [0.15, 0.2) is 5.96 Å². The van der Waals surface area contributed by atoms with E-state index >= 15 is 0 Å². The van der Waals surface area contributed by atoms with E-state index in [4.69, 9.17) is 4.99 Å². The largest absolute Gasteiger partial charge is 0.340 e. The summed E-state index contributed by atoms with van der Waals surface area (Å²) in [6.07, 6.45) is 4.73. The van der Waals surface area contributed by atoms with Gasteiger partial charge in [-0.1, -0.05) is 32.9 Å². The fraction of sp³-hybridized carbons (Fsp3) is 0.559. The minimum Gasteiger partial charge on any atom is -0.340 e. The second-order valence-electron chi connectivity index (χ2n) is 13.8. The third kappa shape index (κ3) is 5.46. The van der Waals surface area contributed by atoms with Crippen molar-refractivity contribution in [3.05, 3.63) is 70.5 Å². The molecule has 7 rings (SSSR count). The lowest BCUT2D eigenvalue weighted by Gasteiger charge is -2.61. The summed E-state index contributed by atoms with van der Waals surface area (Å²) in [5.74, 6) is 2.68. The summed E-state index contributed by atoms with van der Waals surface area (Å²) in [6, 6.07) is 13.2. The van der Waals surface area contributed by atoms with Crippen LogP contribution in [0.3, 0.4) is 0 Å². The molecule has 2 heterocycles. The summed E-state index contributed by atoms with van der Waals surface area (Å²) in [7, 11) is 0. The van der Waals surface area contributed by atoms with Gasteiger partial charge in [0, 0.05) is 36.9 Å². The third-order valence-electron chi connectivity index (χ3n) is 10.4. The summed E-state index contributed by atoms with van der Waals surface area (Å²) in [5, 5.41) is 7.89. The predicted molar refractivity (Wildman–Crippen MR) is 168 cm³/mol. The maximum Gasteiger partial charge on any atom is 0.261 e. The van der Waals surface area contributed by atoms with Crippen molar-refractivity contribution < 1.29 is 4.39 Å². The van der Waals surface area contributed by atoms with Crippen molar-refractivity contribution in [2.45, 2.75) is 85.0 Å². The van der Waals surface area contributed by atoms with Gasteiger partial charge >= 0.3 is 0 Å². The zero-order valence-corrected chi connectivity index (χ0v) is 25.8. The standard InChI is InChI=1S/C34H45FN6O/c1-20-17-40(18-21(2)37-20)33(39-30-15-25-14-29(23(30)4)34(25,5)6)38-27-11-12-28-31(16-27)36-19-41(32(28)42)22(3)13-24-7-9-26(35)10-8-24/h7-12,16,19-23,25,29-30,37H,13-15,17-18H2,1-6H3,(H,38,39)/t20-,21+,22-,23+,25-,29+,30+/m1/s1. The minimum atomic E-state index is -0.261. The maximum absolute atomic E-state index is 13.5. The number of rotatable bonds is 5. The maximum atomic E-state index is 13.5. The number of fused-ring (bicyclic) bond motifs is 3. The molecule has 0 unspecified atom stereocenters. The van der Waals surface area contributed by atoms with E-state index in [9.17, 15) is 9.18 Å². The Bertz CT molecular complexity index is 1520. The molecule has 2 N–H and O–H groups in total. The van der Waals surface area contributed by atoms with Crippen LogP contribution in [0.15, 0.2) is 58.6 Å². The molecule has 4 fully saturated rings. The smallest absolute Gasteiger partial charge is 0.261 e. The number of anilines is 1. The first-order valence-corrected chi connectivity index (χ1v) is 15.6. The molecule has 2 aromatic carbocycles. The molecule has 7 nitrogen and oxygen atoms in total. The van der Waals surface area contributed by atoms with E-state index in [1.54, 1.807) is 23.0 Å². The molecule has 1 aromatic heterocycles. The fourth-order valence-electron chi connectivity index (χ4n) is 7.86. The van der Waals surface area contributed by atoms with Gasteiger partial charge in [-0.15, -0.1) is 0 Å². The van der Waals surface area contributed by atoms with E-state index in [1.165, 1.54) is 18.6 Å². The molecule has 3 aromatic rings. The Hall–Kier alpha value is -3.26. The van der Waals surface area contributed by atoms with Crippen molar-refractivity contribution >= 4 is 22.5 Å². The van der Waals surface area contributed by atoms with Gasteiger partial charge in [0.1, 0.15) is 5.82 Å². The molecule has 42 heavy (non-hydrogen) atoms. The topological polar surface area (TPSA) is 74.5 Å². The quantitative estimate of drug-likeness (QED) is 0.296. The van der Waals surface area contributed by atoms with Gasteiger partial charge in [0.2, 0.25) is 0 Å². The lowest BCUT2D eigenvalue weighted by molar-refractivity contribution is -0.108. The number of benzene rings is 2. The van der Waals surface area contributed by atoms with Crippen molar-refractivity contribution in [2.24, 2.45) is 28.2 Å². The van der Waals surface area contributed by atoms with Crippen molar-refractivity contribution in [3.63, 3.8) is 0 Å². The lowest BCUT2D eigenvalue weighted by atomic mass is 9.45. The lowest BCUT2D eigenvalue weighted by Crippen LogP contribution is -2.59. The summed E-state index contributed by atoms with van der Waals surface area (Å²) >= 11 is 0. The molecule has 2 bridgehead atoms. The van der Waals surface area contributed by atoms with Crippen LogP contribution in [0.1, 0.15) is 66.0 Å². The number of guanidine groups is 1. The Morgan fingerprint density at radius 3 is 2.50 bits per heavy atom. The molecule has 3 aliphatic carbocycles. The van der Waals surface area contributed by atoms with Gasteiger partial charge in [-0.3, -0.25) is 9.36 Å². The van der Waals surface area contributed by atoms with Crippen LogP contribution in [0.5, 0.6) is 0 Å². The normalized spacial score (nSPS) is 29.7. The zero-order valence-electron chi connectivity index (χ0n) is 25.8. The van der Waals surface area contributed by atoms with Crippen LogP contribution in [0.25, 0.3) is 10.9 Å². The number of aliphatic imine (C=N–C) groups is 1. The fourth-order valence-corrected chi connectivity index (χ4v) is 7.86. The Kier molecular flexibility index (Phi) is 7.62. The van der Waals surface area contributed by atoms with Crippen LogP contribution in [0, 0.1) is 29.0 Å². The summed E-state index contributed by atoms with van der Waals surface area (Å²) in [6.45, 7) is 15.5. The predicted octanol–water partition coefficient (Wildman–Crippen LogP) is 5.86. The number of nitrogens with zero attached hydrogens (tertiary/aromatic N) is 4. The first-order valence-electron chi connectivity index (χ1n) is 15.6. The Morgan fingerprint density at radius 1 is 1.12 bits per heavy atom. The van der Waals surface area contributed by atoms with Gasteiger partial charge in [-0.2, -0.15) is 0 Å². The first-order chi connectivity index (χ1) is 20.0. The van der Waals surface area contributed by atoms with Crippen molar-refractivity contribution in [2.75, 3.05) is 18.4 Å². The average molecular weight is 573 g/mol. The highest BCUT2D eigenvalue weighted by molar-refractivity contribution is 5.96. The monoisotopic (exact) mass is 572 g/mol. The molecule has 4 aliphatic rings. The molecule has 1 saturated heterocycles. The molecule has 3 saturated carbocycles. The molecule has 224 valence electrons. The van der Waals surface area contributed by atoms with Gasteiger partial charge in [-0.25, -0.2) is 14.4 Å². The number of piperazine rings is 1. The van der Waals surface area contributed by atoms with Crippen molar-refractivity contribution in [3.8, 4) is 0 Å². The third-order valence-corrected chi connectivity index (χ3v) is 10.4. The Morgan fingerprint density at radius 2 is 1.83 bits per heavy atom. The van der Waals surface area contributed by atoms with Gasteiger partial charge in [0.25, 0.3) is 5.56 Å². The van der Waals surface area contributed by atoms with Crippen molar-refractivity contribution in [1.29, 1.82) is 0 Å². The molecular formula is C34H45FN6O. The molecule has 0 amide bonds. The zero-order chi connectivity index (χ0) is 29.8. The summed E-state index contributed by atoms with van der Waals surface area (Å²) in [5.41, 5.74) is 2.87. The summed E-state index contributed by atoms with van der Waals surface area (Å²) in [4.78, 5) is 25.9. The molecule has 1 aliphatic heterocycles. The van der Waals surface area contributed by atoms with Gasteiger partial charge in [-0.05, 0) is 99.1 Å². The highest BCUT2D eigenvalue weighted by Gasteiger charge is 2.56.